The fourth-order valence-corrected chi connectivity index (χ4v) is 4.77. The fraction of sp³-hybridized carbons (Fsp3) is 0.484. The number of carbonyl (C=O) groups excluding carboxylic acids is 4. The van der Waals surface area contributed by atoms with E-state index in [2.05, 4.69) is 16.0 Å². The van der Waals surface area contributed by atoms with E-state index in [1.54, 1.807) is 33.1 Å². The predicted molar refractivity (Wildman–Crippen MR) is 155 cm³/mol. The highest BCUT2D eigenvalue weighted by molar-refractivity contribution is 5.98. The number of carbonyl (C=O) groups is 4. The highest BCUT2D eigenvalue weighted by atomic mass is 16.6. The molecule has 2 fully saturated rings. The molecule has 2 aliphatic rings. The van der Waals surface area contributed by atoms with E-state index in [-0.39, 0.29) is 31.1 Å². The maximum Gasteiger partial charge on any atom is 0.243 e. The SMILES string of the molecule is COc1ccc(C[C@H](NC(=O)[C@H](C)NC(=O)CN2CCOCC2)C(=O)N[C@@H](Cc2ccccc2)C(=O)C2(C)CO2)cc1. The molecule has 0 spiro atoms. The number of ketones is 1. The number of morpholine rings is 1. The lowest BCUT2D eigenvalue weighted by Gasteiger charge is -2.27. The summed E-state index contributed by atoms with van der Waals surface area (Å²) < 4.78 is 15.9. The predicted octanol–water partition coefficient (Wildman–Crippen LogP) is 0.645. The van der Waals surface area contributed by atoms with Crippen LogP contribution in [0.5, 0.6) is 5.75 Å². The minimum atomic E-state index is -1.01. The Hall–Kier alpha value is -3.80. The molecule has 2 aliphatic heterocycles. The Balaban J connectivity index is 1.46. The molecule has 0 saturated carbocycles. The Labute approximate surface area is 246 Å². The zero-order valence-electron chi connectivity index (χ0n) is 24.4. The molecule has 2 aromatic rings. The lowest BCUT2D eigenvalue weighted by Crippen LogP contribution is -2.57. The van der Waals surface area contributed by atoms with E-state index in [4.69, 9.17) is 14.2 Å². The average molecular weight is 581 g/mol. The van der Waals surface area contributed by atoms with Gasteiger partial charge in [-0.25, -0.2) is 0 Å². The van der Waals surface area contributed by atoms with Gasteiger partial charge in [-0.3, -0.25) is 24.1 Å². The first kappa shape index (κ1) is 31.1. The Morgan fingerprint density at radius 3 is 2.10 bits per heavy atom. The lowest BCUT2D eigenvalue weighted by molar-refractivity contribution is -0.134. The summed E-state index contributed by atoms with van der Waals surface area (Å²) in [5.41, 5.74) is 0.720. The van der Waals surface area contributed by atoms with E-state index in [0.29, 0.717) is 38.7 Å². The first-order valence-electron chi connectivity index (χ1n) is 14.2. The normalized spacial score (nSPS) is 20.5. The molecule has 0 bridgehead atoms. The van der Waals surface area contributed by atoms with Crippen LogP contribution in [0.2, 0.25) is 0 Å². The first-order valence-corrected chi connectivity index (χ1v) is 14.2. The highest BCUT2D eigenvalue weighted by Crippen LogP contribution is 2.29. The summed E-state index contributed by atoms with van der Waals surface area (Å²) in [4.78, 5) is 54.8. The Kier molecular flexibility index (Phi) is 10.7. The monoisotopic (exact) mass is 580 g/mol. The van der Waals surface area contributed by atoms with Crippen LogP contribution in [-0.4, -0.2) is 98.7 Å². The molecule has 3 amide bonds. The van der Waals surface area contributed by atoms with Crippen molar-refractivity contribution in [3.8, 4) is 5.75 Å². The summed E-state index contributed by atoms with van der Waals surface area (Å²) in [6, 6.07) is 13.8. The third-order valence-corrected chi connectivity index (χ3v) is 7.49. The largest absolute Gasteiger partial charge is 0.497 e. The van der Waals surface area contributed by atoms with E-state index in [1.165, 1.54) is 0 Å². The van der Waals surface area contributed by atoms with E-state index in [9.17, 15) is 19.2 Å². The second-order valence-corrected chi connectivity index (χ2v) is 10.9. The van der Waals surface area contributed by atoms with Gasteiger partial charge in [-0.2, -0.15) is 0 Å². The first-order chi connectivity index (χ1) is 20.2. The van der Waals surface area contributed by atoms with Gasteiger partial charge in [-0.1, -0.05) is 42.5 Å². The molecule has 0 aliphatic carbocycles. The van der Waals surface area contributed by atoms with Crippen LogP contribution in [-0.2, 0) is 41.5 Å². The topological polar surface area (TPSA) is 139 Å². The number of hydrogen-bond acceptors (Lipinski definition) is 8. The number of benzene rings is 2. The quantitative estimate of drug-likeness (QED) is 0.277. The van der Waals surface area contributed by atoms with Crippen LogP contribution in [0.25, 0.3) is 0 Å². The Morgan fingerprint density at radius 2 is 1.48 bits per heavy atom. The third-order valence-electron chi connectivity index (χ3n) is 7.49. The minimum Gasteiger partial charge on any atom is -0.497 e. The van der Waals surface area contributed by atoms with Crippen molar-refractivity contribution in [3.05, 3.63) is 65.7 Å². The van der Waals surface area contributed by atoms with Crippen LogP contribution >= 0.6 is 0 Å². The van der Waals surface area contributed by atoms with Gasteiger partial charge in [-0.05, 0) is 43.5 Å². The summed E-state index contributed by atoms with van der Waals surface area (Å²) >= 11 is 0. The van der Waals surface area contributed by atoms with Crippen LogP contribution in [0.15, 0.2) is 54.6 Å². The Bertz CT molecular complexity index is 1230. The molecule has 1 unspecified atom stereocenters. The molecule has 42 heavy (non-hydrogen) atoms. The number of Topliss-reactive ketones (excluding diaryl/α,β-unsaturated/α-hetero) is 1. The van der Waals surface area contributed by atoms with E-state index >= 15 is 0 Å². The van der Waals surface area contributed by atoms with Gasteiger partial charge in [0.15, 0.2) is 5.78 Å². The van der Waals surface area contributed by atoms with Gasteiger partial charge in [0.05, 0.1) is 39.5 Å². The van der Waals surface area contributed by atoms with E-state index in [1.807, 2.05) is 47.4 Å². The molecule has 4 rings (SSSR count). The molecule has 2 saturated heterocycles. The van der Waals surface area contributed by atoms with Gasteiger partial charge in [0, 0.05) is 19.5 Å². The number of ether oxygens (including phenoxy) is 3. The summed E-state index contributed by atoms with van der Waals surface area (Å²) in [5.74, 6) is -0.876. The molecule has 11 nitrogen and oxygen atoms in total. The molecule has 0 aromatic heterocycles. The second kappa shape index (κ2) is 14.4. The van der Waals surface area contributed by atoms with Gasteiger partial charge in [-0.15, -0.1) is 0 Å². The van der Waals surface area contributed by atoms with Gasteiger partial charge < -0.3 is 30.2 Å². The lowest BCUT2D eigenvalue weighted by atomic mass is 9.94. The number of methoxy groups -OCH3 is 1. The number of amides is 3. The molecule has 2 aromatic carbocycles. The van der Waals surface area contributed by atoms with Crippen molar-refractivity contribution in [1.29, 1.82) is 0 Å². The summed E-state index contributed by atoms with van der Waals surface area (Å²) in [6.45, 7) is 6.13. The van der Waals surface area contributed by atoms with E-state index in [0.717, 1.165) is 11.1 Å². The van der Waals surface area contributed by atoms with Crippen LogP contribution in [0.1, 0.15) is 25.0 Å². The number of hydrogen-bond donors (Lipinski definition) is 3. The van der Waals surface area contributed by atoms with Crippen LogP contribution in [0.3, 0.4) is 0 Å². The molecule has 226 valence electrons. The zero-order chi connectivity index (χ0) is 30.1. The van der Waals surface area contributed by atoms with Crippen molar-refractivity contribution in [1.82, 2.24) is 20.9 Å². The van der Waals surface area contributed by atoms with Gasteiger partial charge >= 0.3 is 0 Å². The number of nitrogens with one attached hydrogen (secondary N) is 3. The van der Waals surface area contributed by atoms with Gasteiger partial charge in [0.1, 0.15) is 23.4 Å². The van der Waals surface area contributed by atoms with E-state index < -0.39 is 35.5 Å². The van der Waals surface area contributed by atoms with Gasteiger partial charge in [0.2, 0.25) is 17.7 Å². The van der Waals surface area contributed by atoms with Crippen molar-refractivity contribution in [3.63, 3.8) is 0 Å². The van der Waals surface area contributed by atoms with Gasteiger partial charge in [0.25, 0.3) is 0 Å². The highest BCUT2D eigenvalue weighted by Gasteiger charge is 2.50. The number of nitrogens with zero attached hydrogens (tertiary/aromatic N) is 1. The van der Waals surface area contributed by atoms with Crippen LogP contribution in [0, 0.1) is 0 Å². The smallest absolute Gasteiger partial charge is 0.243 e. The van der Waals surface area contributed by atoms with Crippen molar-refractivity contribution < 1.29 is 33.4 Å². The number of epoxide rings is 1. The number of rotatable bonds is 14. The fourth-order valence-electron chi connectivity index (χ4n) is 4.77. The van der Waals surface area contributed by atoms with Crippen molar-refractivity contribution >= 4 is 23.5 Å². The molecular formula is C31H40N4O7. The standard InChI is InChI=1S/C31H40N4O7/c1-21(32-27(36)19-35-13-15-41-16-14-35)29(38)34-26(18-23-9-11-24(40-3)12-10-23)30(39)33-25(28(37)31(2)20-42-31)17-22-7-5-4-6-8-22/h4-12,21,25-26H,13-20H2,1-3H3,(H,32,36)(H,33,39)(H,34,38)/t21-,25-,26-,31?/m0/s1. The minimum absolute atomic E-state index is 0.154. The second-order valence-electron chi connectivity index (χ2n) is 10.9. The third kappa shape index (κ3) is 8.85. The summed E-state index contributed by atoms with van der Waals surface area (Å²) in [6.07, 6.45) is 0.442. The van der Waals surface area contributed by atoms with Crippen molar-refractivity contribution in [2.24, 2.45) is 0 Å². The maximum absolute atomic E-state index is 13.7. The Morgan fingerprint density at radius 1 is 0.881 bits per heavy atom. The summed E-state index contributed by atoms with van der Waals surface area (Å²) in [5, 5.41) is 8.39. The molecule has 4 atom stereocenters. The van der Waals surface area contributed by atoms with Crippen LogP contribution in [0.4, 0.5) is 0 Å². The molecule has 11 heteroatoms. The molecule has 0 radical (unpaired) electrons. The molecule has 2 heterocycles. The molecular weight excluding hydrogens is 540 g/mol. The van der Waals surface area contributed by atoms with Crippen LogP contribution < -0.4 is 20.7 Å². The van der Waals surface area contributed by atoms with Crippen molar-refractivity contribution in [2.75, 3.05) is 46.6 Å². The maximum atomic E-state index is 13.7. The zero-order valence-corrected chi connectivity index (χ0v) is 24.4. The average Bonchev–Trinajstić information content (AvgIpc) is 3.75. The molecule has 3 N–H and O–H groups in total. The van der Waals surface area contributed by atoms with Crippen molar-refractivity contribution in [2.45, 2.75) is 50.4 Å². The summed E-state index contributed by atoms with van der Waals surface area (Å²) in [7, 11) is 1.56.